The normalized spacial score (nSPS) is 16.7. The van der Waals surface area contributed by atoms with E-state index in [2.05, 4.69) is 0 Å². The predicted molar refractivity (Wildman–Crippen MR) is 65.8 cm³/mol. The summed E-state index contributed by atoms with van der Waals surface area (Å²) in [6, 6.07) is 3.61. The van der Waals surface area contributed by atoms with Gasteiger partial charge in [0.1, 0.15) is 0 Å². The van der Waals surface area contributed by atoms with E-state index in [9.17, 15) is 13.6 Å². The topological polar surface area (TPSA) is 43.8 Å². The molecule has 0 bridgehead atoms. The van der Waals surface area contributed by atoms with Crippen molar-refractivity contribution in [3.05, 3.63) is 35.4 Å². The van der Waals surface area contributed by atoms with E-state index in [4.69, 9.17) is 5.11 Å². The smallest absolute Gasteiger partial charge is 0.257 e. The van der Waals surface area contributed by atoms with Crippen molar-refractivity contribution in [3.8, 4) is 0 Å². The van der Waals surface area contributed by atoms with Crippen LogP contribution in [0.3, 0.4) is 0 Å². The quantitative estimate of drug-likeness (QED) is 0.880. The maximum Gasteiger partial charge on any atom is 0.257 e. The van der Waals surface area contributed by atoms with Crippen molar-refractivity contribution in [1.29, 1.82) is 0 Å². The number of nitrogens with zero attached hydrogens (tertiary/aromatic N) is 2. The Morgan fingerprint density at radius 2 is 1.89 bits per heavy atom. The summed E-state index contributed by atoms with van der Waals surface area (Å²) < 4.78 is 26.6. The molecule has 104 valence electrons. The van der Waals surface area contributed by atoms with Gasteiger partial charge in [-0.15, -0.1) is 0 Å². The van der Waals surface area contributed by atoms with Gasteiger partial charge in [0.15, 0.2) is 11.6 Å². The number of hydrogen-bond acceptors (Lipinski definition) is 3. The minimum Gasteiger partial charge on any atom is -0.395 e. The van der Waals surface area contributed by atoms with Crippen LogP contribution >= 0.6 is 0 Å². The van der Waals surface area contributed by atoms with Crippen LogP contribution in [0.1, 0.15) is 10.4 Å². The van der Waals surface area contributed by atoms with E-state index >= 15 is 0 Å². The van der Waals surface area contributed by atoms with Gasteiger partial charge >= 0.3 is 0 Å². The van der Waals surface area contributed by atoms with Gasteiger partial charge in [0, 0.05) is 32.7 Å². The zero-order chi connectivity index (χ0) is 13.8. The Labute approximate surface area is 110 Å². The second kappa shape index (κ2) is 6.08. The molecule has 1 aromatic rings. The molecule has 1 aliphatic rings. The SMILES string of the molecule is O=C(c1cccc(F)c1F)N1CCN(CCO)CC1. The lowest BCUT2D eigenvalue weighted by Gasteiger charge is -2.34. The average Bonchev–Trinajstić information content (AvgIpc) is 2.42. The molecular formula is C13H16F2N2O2. The molecule has 4 nitrogen and oxygen atoms in total. The Bertz CT molecular complexity index is 460. The van der Waals surface area contributed by atoms with Crippen molar-refractivity contribution in [2.24, 2.45) is 0 Å². The van der Waals surface area contributed by atoms with Crippen LogP contribution in [-0.4, -0.2) is 60.1 Å². The molecule has 0 aliphatic carbocycles. The summed E-state index contributed by atoms with van der Waals surface area (Å²) in [5, 5.41) is 8.83. The minimum absolute atomic E-state index is 0.0759. The fourth-order valence-electron chi connectivity index (χ4n) is 2.16. The fourth-order valence-corrected chi connectivity index (χ4v) is 2.16. The molecule has 0 spiro atoms. The maximum atomic E-state index is 13.5. The largest absolute Gasteiger partial charge is 0.395 e. The van der Waals surface area contributed by atoms with Crippen molar-refractivity contribution < 1.29 is 18.7 Å². The number of rotatable bonds is 3. The van der Waals surface area contributed by atoms with Crippen molar-refractivity contribution in [2.45, 2.75) is 0 Å². The van der Waals surface area contributed by atoms with Gasteiger partial charge < -0.3 is 10.0 Å². The summed E-state index contributed by atoms with van der Waals surface area (Å²) >= 11 is 0. The molecule has 0 atom stereocenters. The zero-order valence-electron chi connectivity index (χ0n) is 10.5. The van der Waals surface area contributed by atoms with Gasteiger partial charge in [0.05, 0.1) is 12.2 Å². The van der Waals surface area contributed by atoms with Gasteiger partial charge in [-0.3, -0.25) is 9.69 Å². The highest BCUT2D eigenvalue weighted by molar-refractivity contribution is 5.94. The fraction of sp³-hybridized carbons (Fsp3) is 0.462. The third-order valence-electron chi connectivity index (χ3n) is 3.26. The van der Waals surface area contributed by atoms with E-state index in [0.29, 0.717) is 32.7 Å². The van der Waals surface area contributed by atoms with Gasteiger partial charge in [-0.25, -0.2) is 8.78 Å². The van der Waals surface area contributed by atoms with Crippen LogP contribution in [0.2, 0.25) is 0 Å². The number of piperazine rings is 1. The van der Waals surface area contributed by atoms with Gasteiger partial charge in [0.25, 0.3) is 5.91 Å². The first-order valence-corrected chi connectivity index (χ1v) is 6.20. The van der Waals surface area contributed by atoms with Crippen LogP contribution in [0, 0.1) is 11.6 Å². The number of carbonyl (C=O) groups excluding carboxylic acids is 1. The molecule has 1 heterocycles. The Hall–Kier alpha value is -1.53. The lowest BCUT2D eigenvalue weighted by atomic mass is 10.1. The number of aliphatic hydroxyl groups excluding tert-OH is 1. The molecule has 1 amide bonds. The molecule has 0 radical (unpaired) electrons. The summed E-state index contributed by atoms with van der Waals surface area (Å²) in [5.41, 5.74) is -0.226. The number of β-amino-alcohol motifs (C(OH)–C–C–N with tert-alkyl or cyclic N) is 1. The van der Waals surface area contributed by atoms with Crippen molar-refractivity contribution in [3.63, 3.8) is 0 Å². The highest BCUT2D eigenvalue weighted by atomic mass is 19.2. The van der Waals surface area contributed by atoms with Crippen LogP contribution in [0.5, 0.6) is 0 Å². The van der Waals surface area contributed by atoms with Crippen LogP contribution in [0.15, 0.2) is 18.2 Å². The Kier molecular flexibility index (Phi) is 4.44. The molecule has 0 saturated carbocycles. The first kappa shape index (κ1) is 13.9. The molecule has 1 N–H and O–H groups in total. The number of carbonyl (C=O) groups is 1. The first-order valence-electron chi connectivity index (χ1n) is 6.20. The summed E-state index contributed by atoms with van der Waals surface area (Å²) in [7, 11) is 0. The second-order valence-corrected chi connectivity index (χ2v) is 4.46. The van der Waals surface area contributed by atoms with E-state index in [1.807, 2.05) is 4.90 Å². The van der Waals surface area contributed by atoms with Crippen molar-refractivity contribution in [2.75, 3.05) is 39.3 Å². The molecular weight excluding hydrogens is 254 g/mol. The summed E-state index contributed by atoms with van der Waals surface area (Å²) in [4.78, 5) is 15.6. The highest BCUT2D eigenvalue weighted by Gasteiger charge is 2.24. The monoisotopic (exact) mass is 270 g/mol. The molecule has 1 aromatic carbocycles. The highest BCUT2D eigenvalue weighted by Crippen LogP contribution is 2.15. The number of amides is 1. The first-order chi connectivity index (χ1) is 9.13. The van der Waals surface area contributed by atoms with Crippen LogP contribution < -0.4 is 0 Å². The van der Waals surface area contributed by atoms with E-state index in [1.54, 1.807) is 0 Å². The number of hydrogen-bond donors (Lipinski definition) is 1. The standard InChI is InChI=1S/C13H16F2N2O2/c14-11-3-1-2-10(12(11)15)13(19)17-6-4-16(5-7-17)8-9-18/h1-3,18H,4-9H2. The molecule has 0 unspecified atom stereocenters. The van der Waals surface area contributed by atoms with E-state index in [1.165, 1.54) is 17.0 Å². The van der Waals surface area contributed by atoms with Crippen molar-refractivity contribution in [1.82, 2.24) is 9.80 Å². The molecule has 19 heavy (non-hydrogen) atoms. The maximum absolute atomic E-state index is 13.5. The van der Waals surface area contributed by atoms with Crippen LogP contribution in [-0.2, 0) is 0 Å². The van der Waals surface area contributed by atoms with Crippen molar-refractivity contribution >= 4 is 5.91 Å². The van der Waals surface area contributed by atoms with Gasteiger partial charge in [-0.1, -0.05) is 6.07 Å². The summed E-state index contributed by atoms with van der Waals surface area (Å²) in [6.07, 6.45) is 0. The number of benzene rings is 1. The molecule has 0 aromatic heterocycles. The second-order valence-electron chi connectivity index (χ2n) is 4.46. The average molecular weight is 270 g/mol. The Morgan fingerprint density at radius 3 is 2.53 bits per heavy atom. The van der Waals surface area contributed by atoms with Crippen LogP contribution in [0.25, 0.3) is 0 Å². The molecule has 6 heteroatoms. The third-order valence-corrected chi connectivity index (χ3v) is 3.26. The molecule has 1 saturated heterocycles. The number of halogens is 2. The predicted octanol–water partition coefficient (Wildman–Crippen LogP) is 0.715. The van der Waals surface area contributed by atoms with E-state index < -0.39 is 17.5 Å². The lowest BCUT2D eigenvalue weighted by Crippen LogP contribution is -2.49. The number of aliphatic hydroxyl groups is 1. The Morgan fingerprint density at radius 1 is 1.21 bits per heavy atom. The van der Waals surface area contributed by atoms with Crippen LogP contribution in [0.4, 0.5) is 8.78 Å². The molecule has 2 rings (SSSR count). The summed E-state index contributed by atoms with van der Waals surface area (Å²) in [5.74, 6) is -2.59. The van der Waals surface area contributed by atoms with E-state index in [0.717, 1.165) is 6.07 Å². The lowest BCUT2D eigenvalue weighted by molar-refractivity contribution is 0.0609. The Balaban J connectivity index is 2.03. The van der Waals surface area contributed by atoms with E-state index in [-0.39, 0.29) is 12.2 Å². The van der Waals surface area contributed by atoms with Gasteiger partial charge in [-0.05, 0) is 12.1 Å². The van der Waals surface area contributed by atoms with Gasteiger partial charge in [-0.2, -0.15) is 0 Å². The molecule has 1 fully saturated rings. The minimum atomic E-state index is -1.09. The van der Waals surface area contributed by atoms with Gasteiger partial charge in [0.2, 0.25) is 0 Å². The molecule has 1 aliphatic heterocycles. The summed E-state index contributed by atoms with van der Waals surface area (Å²) in [6.45, 7) is 2.80. The third kappa shape index (κ3) is 3.08. The zero-order valence-corrected chi connectivity index (χ0v) is 10.5.